The number of rotatable bonds is 5. The van der Waals surface area contributed by atoms with E-state index in [1.807, 2.05) is 20.8 Å². The minimum Gasteiger partial charge on any atom is -0.462 e. The van der Waals surface area contributed by atoms with Crippen LogP contribution in [0.25, 0.3) is 5.69 Å². The van der Waals surface area contributed by atoms with E-state index in [9.17, 15) is 19.7 Å². The molecular weight excluding hydrogens is 416 g/mol. The van der Waals surface area contributed by atoms with E-state index in [2.05, 4.69) is 5.10 Å². The van der Waals surface area contributed by atoms with E-state index in [0.717, 1.165) is 0 Å². The van der Waals surface area contributed by atoms with Crippen molar-refractivity contribution in [2.45, 2.75) is 52.1 Å². The SMILES string of the molecule is CCOC(=O)c1cnn(-c2ccc([N+](=O)[O-])cc2)c1C1CCN(C(=O)OC(C)(C)C)CC1. The van der Waals surface area contributed by atoms with Gasteiger partial charge in [-0.1, -0.05) is 0 Å². The number of non-ortho nitro benzene ring substituents is 1. The first-order valence-electron chi connectivity index (χ1n) is 10.6. The zero-order chi connectivity index (χ0) is 23.5. The number of hydrogen-bond donors (Lipinski definition) is 0. The molecule has 0 radical (unpaired) electrons. The monoisotopic (exact) mass is 444 g/mol. The molecule has 2 aromatic rings. The number of amides is 1. The zero-order valence-electron chi connectivity index (χ0n) is 18.7. The van der Waals surface area contributed by atoms with Gasteiger partial charge in [-0.15, -0.1) is 0 Å². The summed E-state index contributed by atoms with van der Waals surface area (Å²) in [6.07, 6.45) is 2.34. The molecule has 1 aromatic heterocycles. The fraction of sp³-hybridized carbons (Fsp3) is 0.500. The maximum atomic E-state index is 12.6. The Kier molecular flexibility index (Phi) is 6.81. The van der Waals surface area contributed by atoms with E-state index < -0.39 is 16.5 Å². The first kappa shape index (κ1) is 23.2. The number of nitrogens with zero attached hydrogens (tertiary/aromatic N) is 4. The molecule has 0 unspecified atom stereocenters. The van der Waals surface area contributed by atoms with Crippen molar-refractivity contribution in [3.8, 4) is 5.69 Å². The summed E-state index contributed by atoms with van der Waals surface area (Å²) in [5.41, 5.74) is 1.05. The standard InChI is InChI=1S/C22H28N4O6/c1-5-31-20(27)18-14-23-25(16-6-8-17(9-7-16)26(29)30)19(18)15-10-12-24(13-11-15)21(28)32-22(2,3)4/h6-9,14-15H,5,10-13H2,1-4H3. The highest BCUT2D eigenvalue weighted by Gasteiger charge is 2.32. The first-order valence-corrected chi connectivity index (χ1v) is 10.6. The number of likely N-dealkylation sites (tertiary alicyclic amines) is 1. The number of ether oxygens (including phenoxy) is 2. The Morgan fingerprint density at radius 2 is 1.81 bits per heavy atom. The molecule has 0 N–H and O–H groups in total. The summed E-state index contributed by atoms with van der Waals surface area (Å²) in [5.74, 6) is -0.518. The second-order valence-electron chi connectivity index (χ2n) is 8.59. The van der Waals surface area contributed by atoms with Crippen molar-refractivity contribution in [2.75, 3.05) is 19.7 Å². The zero-order valence-corrected chi connectivity index (χ0v) is 18.7. The molecule has 1 aromatic carbocycles. The van der Waals surface area contributed by atoms with Crippen molar-refractivity contribution in [3.05, 3.63) is 51.8 Å². The van der Waals surface area contributed by atoms with Crippen LogP contribution in [0.4, 0.5) is 10.5 Å². The van der Waals surface area contributed by atoms with Crippen LogP contribution >= 0.6 is 0 Å². The molecule has 2 heterocycles. The second-order valence-corrected chi connectivity index (χ2v) is 8.59. The van der Waals surface area contributed by atoms with E-state index in [0.29, 0.717) is 42.9 Å². The summed E-state index contributed by atoms with van der Waals surface area (Å²) in [6.45, 7) is 8.40. The molecule has 172 valence electrons. The quantitative estimate of drug-likeness (QED) is 0.387. The van der Waals surface area contributed by atoms with Crippen LogP contribution in [0, 0.1) is 10.1 Å². The van der Waals surface area contributed by atoms with E-state index in [-0.39, 0.29) is 24.3 Å². The van der Waals surface area contributed by atoms with E-state index in [4.69, 9.17) is 9.47 Å². The minimum atomic E-state index is -0.570. The number of nitro benzene ring substituents is 1. The third-order valence-electron chi connectivity index (χ3n) is 5.14. The average Bonchev–Trinajstić information content (AvgIpc) is 3.18. The van der Waals surface area contributed by atoms with Crippen molar-refractivity contribution < 1.29 is 24.0 Å². The van der Waals surface area contributed by atoms with Crippen LogP contribution in [0.5, 0.6) is 0 Å². The number of aromatic nitrogens is 2. The fourth-order valence-corrected chi connectivity index (χ4v) is 3.70. The van der Waals surface area contributed by atoms with Gasteiger partial charge in [0.1, 0.15) is 11.2 Å². The minimum absolute atomic E-state index is 0.0289. The number of carbonyl (C=O) groups is 2. The highest BCUT2D eigenvalue weighted by Crippen LogP contribution is 2.33. The van der Waals surface area contributed by atoms with Crippen LogP contribution in [0.2, 0.25) is 0 Å². The number of nitro groups is 1. The molecular formula is C22H28N4O6. The van der Waals surface area contributed by atoms with Gasteiger partial charge in [0.25, 0.3) is 5.69 Å². The third kappa shape index (κ3) is 5.24. The smallest absolute Gasteiger partial charge is 0.410 e. The Labute approximate surface area is 186 Å². The summed E-state index contributed by atoms with van der Waals surface area (Å²) in [6, 6.07) is 5.99. The van der Waals surface area contributed by atoms with Crippen LogP contribution in [0.1, 0.15) is 62.5 Å². The number of piperidine rings is 1. The van der Waals surface area contributed by atoms with Gasteiger partial charge >= 0.3 is 12.1 Å². The highest BCUT2D eigenvalue weighted by atomic mass is 16.6. The van der Waals surface area contributed by atoms with Crippen LogP contribution < -0.4 is 0 Å². The van der Waals surface area contributed by atoms with Crippen molar-refractivity contribution >= 4 is 17.7 Å². The molecule has 10 heteroatoms. The van der Waals surface area contributed by atoms with Crippen molar-refractivity contribution in [3.63, 3.8) is 0 Å². The van der Waals surface area contributed by atoms with Gasteiger partial charge in [0.05, 0.1) is 29.1 Å². The Morgan fingerprint density at radius 1 is 1.19 bits per heavy atom. The van der Waals surface area contributed by atoms with Gasteiger partial charge < -0.3 is 14.4 Å². The van der Waals surface area contributed by atoms with Crippen LogP contribution in [0.3, 0.4) is 0 Å². The number of carbonyl (C=O) groups excluding carboxylic acids is 2. The van der Waals surface area contributed by atoms with Crippen LogP contribution in [-0.2, 0) is 9.47 Å². The van der Waals surface area contributed by atoms with E-state index in [1.165, 1.54) is 18.3 Å². The normalized spacial score (nSPS) is 14.8. The second kappa shape index (κ2) is 9.37. The number of esters is 1. The molecule has 1 amide bonds. The fourth-order valence-electron chi connectivity index (χ4n) is 3.70. The summed E-state index contributed by atoms with van der Waals surface area (Å²) in [7, 11) is 0. The Bertz CT molecular complexity index is 985. The maximum absolute atomic E-state index is 12.6. The predicted octanol–water partition coefficient (Wildman–Crippen LogP) is 4.07. The molecule has 10 nitrogen and oxygen atoms in total. The molecule has 0 aliphatic carbocycles. The van der Waals surface area contributed by atoms with Crippen molar-refractivity contribution in [2.24, 2.45) is 0 Å². The largest absolute Gasteiger partial charge is 0.462 e. The molecule has 0 spiro atoms. The summed E-state index contributed by atoms with van der Waals surface area (Å²) < 4.78 is 12.3. The molecule has 1 saturated heterocycles. The lowest BCUT2D eigenvalue weighted by atomic mass is 9.91. The topological polar surface area (TPSA) is 117 Å². The van der Waals surface area contributed by atoms with Gasteiger partial charge in [-0.25, -0.2) is 14.3 Å². The molecule has 1 aliphatic heterocycles. The van der Waals surface area contributed by atoms with Crippen LogP contribution in [-0.4, -0.2) is 57.0 Å². The van der Waals surface area contributed by atoms with Crippen molar-refractivity contribution in [1.29, 1.82) is 0 Å². The van der Waals surface area contributed by atoms with Gasteiger partial charge in [-0.3, -0.25) is 10.1 Å². The highest BCUT2D eigenvalue weighted by molar-refractivity contribution is 5.90. The van der Waals surface area contributed by atoms with Crippen LogP contribution in [0.15, 0.2) is 30.5 Å². The molecule has 32 heavy (non-hydrogen) atoms. The number of benzene rings is 1. The van der Waals surface area contributed by atoms with Crippen molar-refractivity contribution in [1.82, 2.24) is 14.7 Å². The lowest BCUT2D eigenvalue weighted by Gasteiger charge is -2.33. The molecule has 1 fully saturated rings. The number of hydrogen-bond acceptors (Lipinski definition) is 7. The maximum Gasteiger partial charge on any atom is 0.410 e. The lowest BCUT2D eigenvalue weighted by Crippen LogP contribution is -2.41. The Morgan fingerprint density at radius 3 is 2.34 bits per heavy atom. The Balaban J connectivity index is 1.87. The molecule has 3 rings (SSSR count). The summed E-state index contributed by atoms with van der Waals surface area (Å²) in [5, 5.41) is 15.4. The van der Waals surface area contributed by atoms with Gasteiger partial charge in [0.2, 0.25) is 0 Å². The van der Waals surface area contributed by atoms with Gasteiger partial charge in [-0.05, 0) is 52.7 Å². The molecule has 0 atom stereocenters. The van der Waals surface area contributed by atoms with Gasteiger partial charge in [0.15, 0.2) is 0 Å². The third-order valence-corrected chi connectivity index (χ3v) is 5.14. The average molecular weight is 444 g/mol. The Hall–Kier alpha value is -3.43. The molecule has 0 saturated carbocycles. The van der Waals surface area contributed by atoms with E-state index in [1.54, 1.807) is 28.6 Å². The van der Waals surface area contributed by atoms with Gasteiger partial charge in [-0.2, -0.15) is 5.10 Å². The lowest BCUT2D eigenvalue weighted by molar-refractivity contribution is -0.384. The predicted molar refractivity (Wildman–Crippen MR) is 116 cm³/mol. The van der Waals surface area contributed by atoms with E-state index >= 15 is 0 Å². The first-order chi connectivity index (χ1) is 15.1. The molecule has 1 aliphatic rings. The molecule has 0 bridgehead atoms. The van der Waals surface area contributed by atoms with Gasteiger partial charge in [0, 0.05) is 31.1 Å². The summed E-state index contributed by atoms with van der Waals surface area (Å²) >= 11 is 0. The summed E-state index contributed by atoms with van der Waals surface area (Å²) in [4.78, 5) is 37.2.